The highest BCUT2D eigenvalue weighted by Gasteiger charge is 2.32. The quantitative estimate of drug-likeness (QED) is 0.144. The number of hydrogen-bond acceptors (Lipinski definition) is 8. The monoisotopic (exact) mass is 578 g/mol. The maximum Gasteiger partial charge on any atom is 0.220 e. The zero-order valence-electron chi connectivity index (χ0n) is 23.3. The van der Waals surface area contributed by atoms with Gasteiger partial charge in [-0.1, -0.05) is 66.7 Å². The van der Waals surface area contributed by atoms with Crippen LogP contribution in [-0.2, 0) is 32.2 Å². The Bertz CT molecular complexity index is 1230. The first-order chi connectivity index (χ1) is 20.0. The molecule has 3 unspecified atom stereocenters. The fourth-order valence-electron chi connectivity index (χ4n) is 4.48. The molecule has 2 amide bonds. The number of aliphatic hydroxyl groups excluding tert-OH is 1. The van der Waals surface area contributed by atoms with Gasteiger partial charge in [-0.05, 0) is 35.6 Å². The third-order valence-corrected chi connectivity index (χ3v) is 7.76. The van der Waals surface area contributed by atoms with E-state index < -0.39 is 6.29 Å². The van der Waals surface area contributed by atoms with Crippen molar-refractivity contribution in [2.75, 3.05) is 12.3 Å². The average molecular weight is 579 g/mol. The van der Waals surface area contributed by atoms with Crippen molar-refractivity contribution in [2.45, 2.75) is 75.8 Å². The standard InChI is InChI=1S/C31H38N4O5S/c1-22(37)32-15-4-2-3-6-29(38)35-19-23-7-13-26(14-8-23)30-39-27(21-41-31-33-16-5-17-34-31)18-28(40-30)25-11-9-24(20-36)10-12-25/h5,7-14,16-17,27-28,30,36H,2-4,6,15,18-21H2,1H3,(H,32,37)(H,35,38). The number of amides is 2. The minimum atomic E-state index is -0.547. The normalized spacial score (nSPS) is 18.5. The summed E-state index contributed by atoms with van der Waals surface area (Å²) in [6.07, 6.45) is 6.38. The molecule has 9 nitrogen and oxygen atoms in total. The van der Waals surface area contributed by atoms with Gasteiger partial charge >= 0.3 is 0 Å². The van der Waals surface area contributed by atoms with Crippen molar-refractivity contribution >= 4 is 23.6 Å². The molecule has 41 heavy (non-hydrogen) atoms. The predicted octanol–water partition coefficient (Wildman–Crippen LogP) is 4.62. The summed E-state index contributed by atoms with van der Waals surface area (Å²) in [5.74, 6) is 0.679. The van der Waals surface area contributed by atoms with E-state index >= 15 is 0 Å². The first-order valence-electron chi connectivity index (χ1n) is 14.0. The molecule has 0 radical (unpaired) electrons. The van der Waals surface area contributed by atoms with Crippen molar-refractivity contribution in [3.05, 3.63) is 89.2 Å². The first kappa shape index (κ1) is 30.6. The van der Waals surface area contributed by atoms with E-state index in [0.717, 1.165) is 41.5 Å². The van der Waals surface area contributed by atoms with E-state index in [1.807, 2.05) is 48.5 Å². The van der Waals surface area contributed by atoms with Gasteiger partial charge in [0.05, 0.1) is 18.8 Å². The summed E-state index contributed by atoms with van der Waals surface area (Å²) in [7, 11) is 0. The summed E-state index contributed by atoms with van der Waals surface area (Å²) >= 11 is 1.56. The molecule has 1 saturated heterocycles. The fraction of sp³-hybridized carbons (Fsp3) is 0.419. The van der Waals surface area contributed by atoms with Crippen LogP contribution < -0.4 is 10.6 Å². The Morgan fingerprint density at radius 1 is 0.927 bits per heavy atom. The fourth-order valence-corrected chi connectivity index (χ4v) is 5.30. The molecular formula is C31H38N4O5S. The number of unbranched alkanes of at least 4 members (excludes halogenated alkanes) is 2. The number of ether oxygens (including phenoxy) is 2. The second-order valence-electron chi connectivity index (χ2n) is 10.0. The van der Waals surface area contributed by atoms with Crippen molar-refractivity contribution in [1.29, 1.82) is 0 Å². The number of rotatable bonds is 14. The van der Waals surface area contributed by atoms with Gasteiger partial charge in [0.15, 0.2) is 11.4 Å². The Hall–Kier alpha value is -3.31. The number of nitrogens with zero attached hydrogens (tertiary/aromatic N) is 2. The van der Waals surface area contributed by atoms with Crippen molar-refractivity contribution in [1.82, 2.24) is 20.6 Å². The highest BCUT2D eigenvalue weighted by molar-refractivity contribution is 7.99. The number of nitrogens with one attached hydrogen (secondary N) is 2. The maximum atomic E-state index is 12.2. The second kappa shape index (κ2) is 16.2. The molecule has 3 N–H and O–H groups in total. The smallest absolute Gasteiger partial charge is 0.220 e. The summed E-state index contributed by atoms with van der Waals surface area (Å²) in [5, 5.41) is 15.9. The van der Waals surface area contributed by atoms with Gasteiger partial charge in [0.25, 0.3) is 0 Å². The molecule has 0 bridgehead atoms. The molecule has 1 aliphatic heterocycles. The lowest BCUT2D eigenvalue weighted by Crippen LogP contribution is -2.31. The molecule has 4 rings (SSSR count). The molecule has 1 aromatic heterocycles. The third-order valence-electron chi connectivity index (χ3n) is 6.75. The molecule has 0 saturated carbocycles. The van der Waals surface area contributed by atoms with Gasteiger partial charge in [-0.15, -0.1) is 0 Å². The van der Waals surface area contributed by atoms with Crippen LogP contribution in [0.1, 0.15) is 73.7 Å². The number of aliphatic hydroxyl groups is 1. The van der Waals surface area contributed by atoms with Crippen LogP contribution in [-0.4, -0.2) is 45.3 Å². The van der Waals surface area contributed by atoms with Crippen LogP contribution in [0.4, 0.5) is 0 Å². The Labute approximate surface area is 245 Å². The van der Waals surface area contributed by atoms with Crippen LogP contribution >= 0.6 is 11.8 Å². The summed E-state index contributed by atoms with van der Waals surface area (Å²) in [5.41, 5.74) is 3.79. The van der Waals surface area contributed by atoms with Gasteiger partial charge in [-0.25, -0.2) is 9.97 Å². The summed E-state index contributed by atoms with van der Waals surface area (Å²) in [6, 6.07) is 17.6. The zero-order chi connectivity index (χ0) is 28.9. The number of carbonyl (C=O) groups is 2. The molecule has 218 valence electrons. The van der Waals surface area contributed by atoms with E-state index in [2.05, 4.69) is 20.6 Å². The maximum absolute atomic E-state index is 12.2. The molecule has 3 aromatic rings. The topological polar surface area (TPSA) is 123 Å². The Morgan fingerprint density at radius 2 is 1.63 bits per heavy atom. The van der Waals surface area contributed by atoms with Gasteiger partial charge in [-0.2, -0.15) is 0 Å². The summed E-state index contributed by atoms with van der Waals surface area (Å²) in [4.78, 5) is 31.8. The van der Waals surface area contributed by atoms with Crippen LogP contribution in [0.2, 0.25) is 0 Å². The predicted molar refractivity (Wildman–Crippen MR) is 157 cm³/mol. The van der Waals surface area contributed by atoms with E-state index in [9.17, 15) is 14.7 Å². The van der Waals surface area contributed by atoms with Gasteiger partial charge in [0.2, 0.25) is 11.8 Å². The molecule has 3 atom stereocenters. The van der Waals surface area contributed by atoms with Crippen molar-refractivity contribution in [3.8, 4) is 0 Å². The number of aromatic nitrogens is 2. The van der Waals surface area contributed by atoms with E-state index in [0.29, 0.717) is 36.8 Å². The third kappa shape index (κ3) is 10.2. The van der Waals surface area contributed by atoms with Crippen molar-refractivity contribution < 1.29 is 24.2 Å². The van der Waals surface area contributed by atoms with Crippen LogP contribution in [0.3, 0.4) is 0 Å². The Kier molecular flexibility index (Phi) is 12.1. The van der Waals surface area contributed by atoms with Crippen molar-refractivity contribution in [2.24, 2.45) is 0 Å². The second-order valence-corrected chi connectivity index (χ2v) is 11.0. The molecular weight excluding hydrogens is 540 g/mol. The summed E-state index contributed by atoms with van der Waals surface area (Å²) < 4.78 is 12.8. The van der Waals surface area contributed by atoms with Crippen LogP contribution in [0.5, 0.6) is 0 Å². The number of carbonyl (C=O) groups excluding carboxylic acids is 2. The highest BCUT2D eigenvalue weighted by atomic mass is 32.2. The molecule has 1 aliphatic rings. The van der Waals surface area contributed by atoms with Crippen molar-refractivity contribution in [3.63, 3.8) is 0 Å². The lowest BCUT2D eigenvalue weighted by Gasteiger charge is -2.36. The van der Waals surface area contributed by atoms with Gasteiger partial charge in [0.1, 0.15) is 0 Å². The molecule has 2 aromatic carbocycles. The van der Waals surface area contributed by atoms with E-state index in [-0.39, 0.29) is 30.6 Å². The molecule has 0 aliphatic carbocycles. The van der Waals surface area contributed by atoms with Crippen LogP contribution in [0.25, 0.3) is 0 Å². The zero-order valence-corrected chi connectivity index (χ0v) is 24.1. The average Bonchev–Trinajstić information content (AvgIpc) is 3.01. The van der Waals surface area contributed by atoms with Gasteiger partial charge < -0.3 is 25.2 Å². The highest BCUT2D eigenvalue weighted by Crippen LogP contribution is 2.39. The van der Waals surface area contributed by atoms with E-state index in [1.165, 1.54) is 6.92 Å². The molecule has 1 fully saturated rings. The lowest BCUT2D eigenvalue weighted by atomic mass is 10.0. The van der Waals surface area contributed by atoms with E-state index in [4.69, 9.17) is 9.47 Å². The molecule has 0 spiro atoms. The Balaban J connectivity index is 1.32. The van der Waals surface area contributed by atoms with Crippen LogP contribution in [0, 0.1) is 0 Å². The molecule has 2 heterocycles. The minimum Gasteiger partial charge on any atom is -0.392 e. The number of thioether (sulfide) groups is 1. The number of hydrogen-bond donors (Lipinski definition) is 3. The minimum absolute atomic E-state index is 0.000613. The SMILES string of the molecule is CC(=O)NCCCCCC(=O)NCc1ccc(C2OC(CSc3ncccn3)CC(c3ccc(CO)cc3)O2)cc1. The first-order valence-corrected chi connectivity index (χ1v) is 15.0. The number of benzene rings is 2. The molecule has 10 heteroatoms. The van der Waals surface area contributed by atoms with Gasteiger partial charge in [0, 0.05) is 56.6 Å². The summed E-state index contributed by atoms with van der Waals surface area (Å²) in [6.45, 7) is 2.61. The van der Waals surface area contributed by atoms with E-state index in [1.54, 1.807) is 30.2 Å². The Morgan fingerprint density at radius 3 is 2.34 bits per heavy atom. The largest absolute Gasteiger partial charge is 0.392 e. The van der Waals surface area contributed by atoms with Gasteiger partial charge in [-0.3, -0.25) is 9.59 Å². The lowest BCUT2D eigenvalue weighted by molar-refractivity contribution is -0.245. The van der Waals surface area contributed by atoms with Crippen LogP contribution in [0.15, 0.2) is 72.1 Å².